The standard InChI is InChI=1S/C20H20ClF3N2O3S.C6H13NO2.C2H6/c21-17-10-9-15(20(22,23)24)13-18(17)26(14-19(27)25-11-5-2-6-12-25)30(28,29)16-7-3-1-4-8-16;1-6(2,3)9-5(8)7-4;1-2/h1,3-4,7-10,13H,2,5-6,11-12,14H2;1-4H3,(H,7,8);1-2H3. The summed E-state index contributed by atoms with van der Waals surface area (Å²) in [5.41, 5.74) is -1.83. The highest BCUT2D eigenvalue weighted by molar-refractivity contribution is 7.92. The van der Waals surface area contributed by atoms with E-state index < -0.39 is 34.2 Å². The second kappa shape index (κ2) is 15.9. The van der Waals surface area contributed by atoms with Crippen LogP contribution in [0.4, 0.5) is 23.7 Å². The maximum Gasteiger partial charge on any atom is 0.416 e. The molecule has 0 saturated carbocycles. The lowest BCUT2D eigenvalue weighted by Crippen LogP contribution is -2.45. The van der Waals surface area contributed by atoms with Gasteiger partial charge in [-0.3, -0.25) is 9.10 Å². The zero-order chi connectivity index (χ0) is 31.4. The summed E-state index contributed by atoms with van der Waals surface area (Å²) in [5, 5.41) is 2.16. The van der Waals surface area contributed by atoms with Crippen molar-refractivity contribution in [2.24, 2.45) is 0 Å². The van der Waals surface area contributed by atoms with Crippen molar-refractivity contribution < 1.29 is 35.9 Å². The van der Waals surface area contributed by atoms with E-state index in [1.807, 2.05) is 34.6 Å². The third kappa shape index (κ3) is 11.4. The number of alkyl carbamates (subject to hydrolysis) is 1. The number of carbonyl (C=O) groups is 2. The average molecular weight is 622 g/mol. The molecule has 0 bridgehead atoms. The highest BCUT2D eigenvalue weighted by atomic mass is 35.5. The summed E-state index contributed by atoms with van der Waals surface area (Å²) in [5.74, 6) is -0.484. The molecule has 0 atom stereocenters. The Morgan fingerprint density at radius 3 is 2.02 bits per heavy atom. The molecule has 1 aliphatic rings. The van der Waals surface area contributed by atoms with Gasteiger partial charge in [-0.05, 0) is 70.4 Å². The molecule has 0 aliphatic carbocycles. The van der Waals surface area contributed by atoms with Crippen LogP contribution in [-0.2, 0) is 25.7 Å². The van der Waals surface area contributed by atoms with Gasteiger partial charge in [0.1, 0.15) is 12.1 Å². The van der Waals surface area contributed by atoms with Crippen molar-refractivity contribution in [3.05, 3.63) is 59.1 Å². The normalized spacial score (nSPS) is 13.6. The molecule has 0 aromatic heterocycles. The predicted octanol–water partition coefficient (Wildman–Crippen LogP) is 6.73. The summed E-state index contributed by atoms with van der Waals surface area (Å²) >= 11 is 6.11. The fourth-order valence-electron chi connectivity index (χ4n) is 3.59. The van der Waals surface area contributed by atoms with Crippen LogP contribution in [0.25, 0.3) is 0 Å². The number of amides is 2. The fraction of sp³-hybridized carbons (Fsp3) is 0.500. The molecule has 1 heterocycles. The van der Waals surface area contributed by atoms with E-state index in [1.54, 1.807) is 6.07 Å². The Morgan fingerprint density at radius 1 is 1.00 bits per heavy atom. The number of hydrogen-bond donors (Lipinski definition) is 1. The summed E-state index contributed by atoms with van der Waals surface area (Å²) in [6.07, 6.45) is -2.53. The molecule has 13 heteroatoms. The molecule has 230 valence electrons. The van der Waals surface area contributed by atoms with E-state index in [2.05, 4.69) is 5.32 Å². The zero-order valence-electron chi connectivity index (χ0n) is 24.2. The minimum atomic E-state index is -4.70. The SMILES string of the molecule is CC.CNC(=O)OC(C)(C)C.O=C(CN(c1cc(C(F)(F)F)ccc1Cl)S(=O)(=O)c1ccccc1)N1CCCCC1. The van der Waals surface area contributed by atoms with Gasteiger partial charge in [-0.1, -0.05) is 43.6 Å². The molecule has 0 spiro atoms. The maximum atomic E-state index is 13.3. The number of rotatable bonds is 5. The molecule has 0 unspecified atom stereocenters. The number of piperidine rings is 1. The number of likely N-dealkylation sites (tertiary alicyclic amines) is 1. The summed E-state index contributed by atoms with van der Waals surface area (Å²) in [4.78, 5) is 24.7. The van der Waals surface area contributed by atoms with Gasteiger partial charge in [-0.2, -0.15) is 13.2 Å². The lowest BCUT2D eigenvalue weighted by atomic mass is 10.1. The van der Waals surface area contributed by atoms with E-state index >= 15 is 0 Å². The van der Waals surface area contributed by atoms with Crippen molar-refractivity contribution in [3.8, 4) is 0 Å². The van der Waals surface area contributed by atoms with Crippen LogP contribution < -0.4 is 9.62 Å². The molecule has 2 aromatic carbocycles. The van der Waals surface area contributed by atoms with E-state index in [0.29, 0.717) is 23.5 Å². The van der Waals surface area contributed by atoms with Crippen LogP contribution in [0.15, 0.2) is 53.4 Å². The van der Waals surface area contributed by atoms with E-state index in [1.165, 1.54) is 36.2 Å². The van der Waals surface area contributed by atoms with Crippen molar-refractivity contribution in [2.45, 2.75) is 70.6 Å². The van der Waals surface area contributed by atoms with Crippen LogP contribution in [0.5, 0.6) is 0 Å². The van der Waals surface area contributed by atoms with Gasteiger partial charge in [0.25, 0.3) is 10.0 Å². The molecule has 41 heavy (non-hydrogen) atoms. The highest BCUT2D eigenvalue weighted by Crippen LogP contribution is 2.37. The van der Waals surface area contributed by atoms with Crippen molar-refractivity contribution in [1.29, 1.82) is 0 Å². The molecule has 1 saturated heterocycles. The van der Waals surface area contributed by atoms with Crippen molar-refractivity contribution in [3.63, 3.8) is 0 Å². The lowest BCUT2D eigenvalue weighted by Gasteiger charge is -2.31. The quantitative estimate of drug-likeness (QED) is 0.399. The molecular weight excluding hydrogens is 583 g/mol. The number of anilines is 1. The Bertz CT molecular complexity index is 1230. The number of ether oxygens (including phenoxy) is 1. The highest BCUT2D eigenvalue weighted by Gasteiger charge is 2.35. The van der Waals surface area contributed by atoms with E-state index in [0.717, 1.165) is 31.4 Å². The van der Waals surface area contributed by atoms with Gasteiger partial charge in [0.15, 0.2) is 0 Å². The first-order valence-corrected chi connectivity index (χ1v) is 15.0. The molecule has 8 nitrogen and oxygen atoms in total. The Kier molecular flexibility index (Phi) is 13.9. The number of sulfonamides is 1. The summed E-state index contributed by atoms with van der Waals surface area (Å²) in [7, 11) is -2.80. The number of nitrogens with one attached hydrogen (secondary N) is 1. The minimum Gasteiger partial charge on any atom is -0.444 e. The lowest BCUT2D eigenvalue weighted by molar-refractivity contribution is -0.137. The van der Waals surface area contributed by atoms with Crippen molar-refractivity contribution in [1.82, 2.24) is 10.2 Å². The molecular formula is C28H39ClF3N3O5S. The Hall–Kier alpha value is -2.99. The fourth-order valence-corrected chi connectivity index (χ4v) is 5.31. The zero-order valence-corrected chi connectivity index (χ0v) is 25.8. The molecule has 1 fully saturated rings. The van der Waals surface area contributed by atoms with Crippen LogP contribution in [0.2, 0.25) is 5.02 Å². The van der Waals surface area contributed by atoms with Crippen LogP contribution in [0, 0.1) is 0 Å². The van der Waals surface area contributed by atoms with Gasteiger partial charge in [0, 0.05) is 20.1 Å². The Labute approximate surface area is 245 Å². The summed E-state index contributed by atoms with van der Waals surface area (Å²) in [6, 6.07) is 9.64. The largest absolute Gasteiger partial charge is 0.444 e. The second-order valence-electron chi connectivity index (χ2n) is 9.68. The number of alkyl halides is 3. The molecule has 2 aromatic rings. The number of carbonyl (C=O) groups excluding carboxylic acids is 2. The summed E-state index contributed by atoms with van der Waals surface area (Å²) in [6.45, 7) is 9.79. The number of hydrogen-bond acceptors (Lipinski definition) is 5. The molecule has 1 aliphatic heterocycles. The van der Waals surface area contributed by atoms with E-state index in [4.69, 9.17) is 16.3 Å². The van der Waals surface area contributed by atoms with Crippen molar-refractivity contribution >= 4 is 39.3 Å². The maximum absolute atomic E-state index is 13.3. The Balaban J connectivity index is 0.000000653. The van der Waals surface area contributed by atoms with Gasteiger partial charge in [-0.25, -0.2) is 13.2 Å². The second-order valence-corrected chi connectivity index (χ2v) is 12.0. The van der Waals surface area contributed by atoms with Gasteiger partial charge >= 0.3 is 12.3 Å². The molecule has 3 rings (SSSR count). The van der Waals surface area contributed by atoms with Gasteiger partial charge in [0.05, 0.1) is 21.2 Å². The number of nitrogens with zero attached hydrogens (tertiary/aromatic N) is 2. The van der Waals surface area contributed by atoms with Crippen LogP contribution in [-0.4, -0.2) is 57.6 Å². The Morgan fingerprint density at radius 2 is 1.56 bits per heavy atom. The van der Waals surface area contributed by atoms with Crippen LogP contribution in [0.1, 0.15) is 59.4 Å². The third-order valence-corrected chi connectivity index (χ3v) is 7.56. The number of halogens is 4. The van der Waals surface area contributed by atoms with Crippen LogP contribution >= 0.6 is 11.6 Å². The average Bonchev–Trinajstić information content (AvgIpc) is 2.93. The molecule has 0 radical (unpaired) electrons. The first kappa shape index (κ1) is 36.0. The van der Waals surface area contributed by atoms with E-state index in [9.17, 15) is 31.2 Å². The topological polar surface area (TPSA) is 96.0 Å². The van der Waals surface area contributed by atoms with E-state index in [-0.39, 0.29) is 27.3 Å². The van der Waals surface area contributed by atoms with Gasteiger partial charge < -0.3 is 15.0 Å². The van der Waals surface area contributed by atoms with Crippen molar-refractivity contribution in [2.75, 3.05) is 31.0 Å². The number of benzene rings is 2. The first-order valence-electron chi connectivity index (χ1n) is 13.2. The van der Waals surface area contributed by atoms with Gasteiger partial charge in [0.2, 0.25) is 5.91 Å². The smallest absolute Gasteiger partial charge is 0.416 e. The molecule has 2 amide bonds. The third-order valence-electron chi connectivity index (χ3n) is 5.46. The van der Waals surface area contributed by atoms with Crippen LogP contribution in [0.3, 0.4) is 0 Å². The predicted molar refractivity (Wildman–Crippen MR) is 155 cm³/mol. The first-order chi connectivity index (χ1) is 19.1. The summed E-state index contributed by atoms with van der Waals surface area (Å²) < 4.78 is 71.8. The monoisotopic (exact) mass is 621 g/mol. The van der Waals surface area contributed by atoms with Gasteiger partial charge in [-0.15, -0.1) is 0 Å². The minimum absolute atomic E-state index is 0.148. The molecule has 1 N–H and O–H groups in total.